The normalized spacial score (nSPS) is 14.3. The van der Waals surface area contributed by atoms with Gasteiger partial charge in [-0.3, -0.25) is 0 Å². The van der Waals surface area contributed by atoms with Gasteiger partial charge in [0.25, 0.3) is 0 Å². The number of halogens is 1. The molecule has 2 nitrogen and oxygen atoms in total. The van der Waals surface area contributed by atoms with Crippen LogP contribution in [-0.2, 0) is 0 Å². The van der Waals surface area contributed by atoms with Crippen LogP contribution in [0.15, 0.2) is 18.2 Å². The van der Waals surface area contributed by atoms with E-state index in [2.05, 4.69) is 26.1 Å². The summed E-state index contributed by atoms with van der Waals surface area (Å²) in [4.78, 5) is 0. The molecule has 0 fully saturated rings. The molecule has 1 N–H and O–H groups in total. The summed E-state index contributed by atoms with van der Waals surface area (Å²) in [6.07, 6.45) is 1.17. The molecule has 0 aromatic heterocycles. The maximum Gasteiger partial charge on any atom is 0.122 e. The van der Waals surface area contributed by atoms with Gasteiger partial charge >= 0.3 is 0 Å². The predicted molar refractivity (Wildman–Crippen MR) is 78.7 cm³/mol. The fourth-order valence-electron chi connectivity index (χ4n) is 2.05. The van der Waals surface area contributed by atoms with E-state index in [9.17, 15) is 0 Å². The minimum atomic E-state index is 0.419. The van der Waals surface area contributed by atoms with Crippen LogP contribution < -0.4 is 10.1 Å². The van der Waals surface area contributed by atoms with Gasteiger partial charge in [0.1, 0.15) is 5.75 Å². The van der Waals surface area contributed by atoms with Gasteiger partial charge in [0.15, 0.2) is 0 Å². The summed E-state index contributed by atoms with van der Waals surface area (Å²) in [6, 6.07) is 5.83. The van der Waals surface area contributed by atoms with E-state index >= 15 is 0 Å². The Morgan fingerprint density at radius 3 is 2.67 bits per heavy atom. The van der Waals surface area contributed by atoms with Crippen molar-refractivity contribution in [3.05, 3.63) is 28.8 Å². The number of methoxy groups -OCH3 is 1. The molecule has 0 spiro atoms. The fourth-order valence-corrected chi connectivity index (χ4v) is 2.23. The largest absolute Gasteiger partial charge is 0.496 e. The summed E-state index contributed by atoms with van der Waals surface area (Å²) in [6.45, 7) is 8.76. The second-order valence-corrected chi connectivity index (χ2v) is 5.29. The smallest absolute Gasteiger partial charge is 0.122 e. The van der Waals surface area contributed by atoms with Crippen LogP contribution in [0.25, 0.3) is 0 Å². The summed E-state index contributed by atoms with van der Waals surface area (Å²) >= 11 is 6.08. The molecule has 0 aliphatic heterocycles. The van der Waals surface area contributed by atoms with Gasteiger partial charge in [-0.2, -0.15) is 0 Å². The molecule has 0 bridgehead atoms. The minimum absolute atomic E-state index is 0.419. The molecular formula is C15H24ClNO. The van der Waals surface area contributed by atoms with Crippen molar-refractivity contribution in [2.24, 2.45) is 5.92 Å². The van der Waals surface area contributed by atoms with Crippen LogP contribution in [0, 0.1) is 5.92 Å². The Labute approximate surface area is 116 Å². The first-order chi connectivity index (χ1) is 8.60. The molecule has 0 aliphatic rings. The Hall–Kier alpha value is -0.730. The first-order valence-electron chi connectivity index (χ1n) is 6.64. The van der Waals surface area contributed by atoms with Gasteiger partial charge in [-0.1, -0.05) is 32.4 Å². The van der Waals surface area contributed by atoms with Crippen molar-refractivity contribution in [2.45, 2.75) is 33.1 Å². The van der Waals surface area contributed by atoms with E-state index in [0.717, 1.165) is 23.9 Å². The number of rotatable bonds is 7. The zero-order valence-corrected chi connectivity index (χ0v) is 12.6. The third-order valence-electron chi connectivity index (χ3n) is 3.43. The monoisotopic (exact) mass is 269 g/mol. The second kappa shape index (κ2) is 7.65. The summed E-state index contributed by atoms with van der Waals surface area (Å²) < 4.78 is 5.42. The third kappa shape index (κ3) is 4.18. The second-order valence-electron chi connectivity index (χ2n) is 4.86. The quantitative estimate of drug-likeness (QED) is 0.753. The Morgan fingerprint density at radius 2 is 2.06 bits per heavy atom. The lowest BCUT2D eigenvalue weighted by molar-refractivity contribution is 0.389. The Morgan fingerprint density at radius 1 is 1.33 bits per heavy atom. The summed E-state index contributed by atoms with van der Waals surface area (Å²) in [5.74, 6) is 1.89. The third-order valence-corrected chi connectivity index (χ3v) is 3.66. The van der Waals surface area contributed by atoms with E-state index in [1.807, 2.05) is 18.2 Å². The van der Waals surface area contributed by atoms with Gasteiger partial charge in [-0.15, -0.1) is 0 Å². The van der Waals surface area contributed by atoms with Crippen molar-refractivity contribution in [2.75, 3.05) is 20.2 Å². The first kappa shape index (κ1) is 15.3. The highest BCUT2D eigenvalue weighted by molar-refractivity contribution is 6.30. The Bertz CT molecular complexity index is 368. The highest BCUT2D eigenvalue weighted by atomic mass is 35.5. The number of hydrogen-bond acceptors (Lipinski definition) is 2. The lowest BCUT2D eigenvalue weighted by Crippen LogP contribution is -2.25. The van der Waals surface area contributed by atoms with Gasteiger partial charge < -0.3 is 10.1 Å². The van der Waals surface area contributed by atoms with Crippen LogP contribution in [0.2, 0.25) is 5.02 Å². The number of benzene rings is 1. The average molecular weight is 270 g/mol. The molecule has 0 saturated carbocycles. The number of ether oxygens (including phenoxy) is 1. The average Bonchev–Trinajstić information content (AvgIpc) is 2.38. The lowest BCUT2D eigenvalue weighted by atomic mass is 9.88. The van der Waals surface area contributed by atoms with Gasteiger partial charge in [-0.05, 0) is 55.1 Å². The van der Waals surface area contributed by atoms with Crippen LogP contribution in [0.5, 0.6) is 5.75 Å². The van der Waals surface area contributed by atoms with E-state index in [-0.39, 0.29) is 0 Å². The van der Waals surface area contributed by atoms with E-state index in [1.165, 1.54) is 12.0 Å². The first-order valence-corrected chi connectivity index (χ1v) is 7.02. The maximum absolute atomic E-state index is 6.08. The van der Waals surface area contributed by atoms with Crippen LogP contribution in [0.3, 0.4) is 0 Å². The Balaban J connectivity index is 2.75. The summed E-state index contributed by atoms with van der Waals surface area (Å²) in [5, 5.41) is 4.23. The standard InChI is InChI=1S/C15H24ClNO/c1-5-8-17-10-11(2)12(3)14-9-13(16)6-7-15(14)18-4/h6-7,9,11-12,17H,5,8,10H2,1-4H3. The lowest BCUT2D eigenvalue weighted by Gasteiger charge is -2.23. The Kier molecular flexibility index (Phi) is 6.51. The van der Waals surface area contributed by atoms with Crippen molar-refractivity contribution < 1.29 is 4.74 Å². The van der Waals surface area contributed by atoms with Crippen LogP contribution in [0.4, 0.5) is 0 Å². The molecule has 0 heterocycles. The molecule has 102 valence electrons. The van der Waals surface area contributed by atoms with Gasteiger partial charge in [0, 0.05) is 5.02 Å². The molecule has 0 aliphatic carbocycles. The van der Waals surface area contributed by atoms with Crippen molar-refractivity contribution in [3.63, 3.8) is 0 Å². The van der Waals surface area contributed by atoms with Crippen molar-refractivity contribution in [1.82, 2.24) is 5.32 Å². The maximum atomic E-state index is 6.08. The molecule has 1 rings (SSSR count). The fraction of sp³-hybridized carbons (Fsp3) is 0.600. The zero-order chi connectivity index (χ0) is 13.5. The molecular weight excluding hydrogens is 246 g/mol. The molecule has 2 atom stereocenters. The van der Waals surface area contributed by atoms with E-state index < -0.39 is 0 Å². The molecule has 0 radical (unpaired) electrons. The van der Waals surface area contributed by atoms with Crippen molar-refractivity contribution >= 4 is 11.6 Å². The van der Waals surface area contributed by atoms with E-state index in [4.69, 9.17) is 16.3 Å². The number of nitrogens with one attached hydrogen (secondary N) is 1. The predicted octanol–water partition coefficient (Wildman–Crippen LogP) is 4.09. The highest BCUT2D eigenvalue weighted by Gasteiger charge is 2.18. The number of hydrogen-bond donors (Lipinski definition) is 1. The van der Waals surface area contributed by atoms with E-state index in [0.29, 0.717) is 11.8 Å². The summed E-state index contributed by atoms with van der Waals surface area (Å²) in [7, 11) is 1.71. The molecule has 1 aromatic rings. The van der Waals surface area contributed by atoms with Crippen LogP contribution in [-0.4, -0.2) is 20.2 Å². The molecule has 0 saturated heterocycles. The van der Waals surface area contributed by atoms with Crippen molar-refractivity contribution in [1.29, 1.82) is 0 Å². The molecule has 3 heteroatoms. The van der Waals surface area contributed by atoms with Crippen LogP contribution >= 0.6 is 11.6 Å². The topological polar surface area (TPSA) is 21.3 Å². The van der Waals surface area contributed by atoms with Crippen LogP contribution in [0.1, 0.15) is 38.7 Å². The molecule has 1 aromatic carbocycles. The van der Waals surface area contributed by atoms with E-state index in [1.54, 1.807) is 7.11 Å². The highest BCUT2D eigenvalue weighted by Crippen LogP contribution is 2.33. The SMILES string of the molecule is CCCNCC(C)C(C)c1cc(Cl)ccc1OC. The van der Waals surface area contributed by atoms with Gasteiger partial charge in [0.05, 0.1) is 7.11 Å². The molecule has 0 amide bonds. The molecule has 2 unspecified atom stereocenters. The zero-order valence-electron chi connectivity index (χ0n) is 11.8. The van der Waals surface area contributed by atoms with Crippen molar-refractivity contribution in [3.8, 4) is 5.75 Å². The van der Waals surface area contributed by atoms with Gasteiger partial charge in [0.2, 0.25) is 0 Å². The minimum Gasteiger partial charge on any atom is -0.496 e. The summed E-state index contributed by atoms with van der Waals surface area (Å²) in [5.41, 5.74) is 1.19. The molecule has 18 heavy (non-hydrogen) atoms. The van der Waals surface area contributed by atoms with Gasteiger partial charge in [-0.25, -0.2) is 0 Å².